The van der Waals surface area contributed by atoms with Crippen molar-refractivity contribution in [2.24, 2.45) is 0 Å². The zero-order chi connectivity index (χ0) is 13.1. The van der Waals surface area contributed by atoms with Crippen LogP contribution in [0.25, 0.3) is 11.6 Å². The molecule has 0 atom stereocenters. The van der Waals surface area contributed by atoms with Crippen molar-refractivity contribution in [2.75, 3.05) is 6.61 Å². The summed E-state index contributed by atoms with van der Waals surface area (Å²) in [6, 6.07) is 0. The lowest BCUT2D eigenvalue weighted by Gasteiger charge is -2.05. The number of H-pyrrole nitrogens is 1. The molecule has 0 aromatic carbocycles. The molecule has 94 valence electrons. The van der Waals surface area contributed by atoms with Gasteiger partial charge in [-0.1, -0.05) is 0 Å². The molecule has 0 radical (unpaired) electrons. The monoisotopic (exact) mass is 246 g/mol. The van der Waals surface area contributed by atoms with Gasteiger partial charge in [-0.2, -0.15) is 0 Å². The van der Waals surface area contributed by atoms with Crippen LogP contribution in [0.15, 0.2) is 17.2 Å². The van der Waals surface area contributed by atoms with Crippen LogP contribution in [0.5, 0.6) is 0 Å². The summed E-state index contributed by atoms with van der Waals surface area (Å²) in [7, 11) is 0. The van der Waals surface area contributed by atoms with Crippen LogP contribution in [0.1, 0.15) is 16.8 Å². The Morgan fingerprint density at radius 3 is 2.50 bits per heavy atom. The minimum Gasteiger partial charge on any atom is -0.396 e. The molecule has 6 heteroatoms. The Morgan fingerprint density at radius 2 is 1.94 bits per heavy atom. The van der Waals surface area contributed by atoms with Gasteiger partial charge < -0.3 is 10.1 Å². The number of nitrogens with zero attached hydrogens (tertiary/aromatic N) is 3. The average Bonchev–Trinajstić information content (AvgIpc) is 2.34. The molecule has 0 spiro atoms. The average molecular weight is 246 g/mol. The summed E-state index contributed by atoms with van der Waals surface area (Å²) >= 11 is 0. The van der Waals surface area contributed by atoms with Gasteiger partial charge in [0.1, 0.15) is 0 Å². The van der Waals surface area contributed by atoms with Crippen molar-refractivity contribution >= 4 is 0 Å². The lowest BCUT2D eigenvalue weighted by molar-refractivity contribution is 0.298. The standard InChI is InChI=1S/C12H14N4O2/c1-7-5-13-10(14-6-7)11-15-8(2)9(3-4-17)12(18)16-11/h5-6,17H,3-4H2,1-2H3,(H,15,16,18). The highest BCUT2D eigenvalue weighted by Gasteiger charge is 2.10. The van der Waals surface area contributed by atoms with Crippen molar-refractivity contribution < 1.29 is 5.11 Å². The maximum Gasteiger partial charge on any atom is 0.254 e. The third-order valence-corrected chi connectivity index (χ3v) is 2.58. The maximum absolute atomic E-state index is 11.8. The molecule has 2 rings (SSSR count). The second-order valence-electron chi connectivity index (χ2n) is 4.04. The van der Waals surface area contributed by atoms with Crippen LogP contribution in [0.4, 0.5) is 0 Å². The Balaban J connectivity index is 2.48. The van der Waals surface area contributed by atoms with E-state index >= 15 is 0 Å². The fourth-order valence-corrected chi connectivity index (χ4v) is 1.64. The van der Waals surface area contributed by atoms with E-state index in [1.54, 1.807) is 19.3 Å². The predicted molar refractivity (Wildman–Crippen MR) is 66.1 cm³/mol. The first-order valence-electron chi connectivity index (χ1n) is 5.61. The van der Waals surface area contributed by atoms with Gasteiger partial charge in [0.05, 0.1) is 0 Å². The summed E-state index contributed by atoms with van der Waals surface area (Å²) in [6.07, 6.45) is 3.63. The number of rotatable bonds is 3. The van der Waals surface area contributed by atoms with E-state index in [9.17, 15) is 4.79 Å². The third-order valence-electron chi connectivity index (χ3n) is 2.58. The minimum atomic E-state index is -0.254. The molecule has 2 aromatic rings. The molecule has 2 heterocycles. The van der Waals surface area contributed by atoms with Gasteiger partial charge in [0.25, 0.3) is 5.56 Å². The molecule has 0 saturated heterocycles. The second kappa shape index (κ2) is 5.05. The number of aromatic amines is 1. The molecule has 2 aromatic heterocycles. The van der Waals surface area contributed by atoms with E-state index in [4.69, 9.17) is 5.11 Å². The number of hydrogen-bond donors (Lipinski definition) is 2. The molecule has 0 unspecified atom stereocenters. The summed E-state index contributed by atoms with van der Waals surface area (Å²) in [5.41, 5.74) is 1.77. The Labute approximate surface area is 104 Å². The lowest BCUT2D eigenvalue weighted by Crippen LogP contribution is -2.19. The summed E-state index contributed by atoms with van der Waals surface area (Å²) in [5.74, 6) is 0.732. The quantitative estimate of drug-likeness (QED) is 0.816. The van der Waals surface area contributed by atoms with Gasteiger partial charge >= 0.3 is 0 Å². The first-order valence-corrected chi connectivity index (χ1v) is 5.61. The number of aryl methyl sites for hydroxylation is 2. The number of aliphatic hydroxyl groups excluding tert-OH is 1. The van der Waals surface area contributed by atoms with Gasteiger partial charge in [-0.05, 0) is 19.4 Å². The zero-order valence-corrected chi connectivity index (χ0v) is 10.3. The van der Waals surface area contributed by atoms with Crippen LogP contribution in [-0.4, -0.2) is 31.6 Å². The molecule has 0 aliphatic carbocycles. The van der Waals surface area contributed by atoms with Crippen LogP contribution >= 0.6 is 0 Å². The van der Waals surface area contributed by atoms with E-state index in [2.05, 4.69) is 19.9 Å². The van der Waals surface area contributed by atoms with Crippen LogP contribution in [0, 0.1) is 13.8 Å². The van der Waals surface area contributed by atoms with E-state index in [0.717, 1.165) is 5.56 Å². The van der Waals surface area contributed by atoms with Crippen molar-refractivity contribution in [1.82, 2.24) is 19.9 Å². The molecule has 18 heavy (non-hydrogen) atoms. The topological polar surface area (TPSA) is 91.8 Å². The summed E-state index contributed by atoms with van der Waals surface area (Å²) in [4.78, 5) is 27.0. The molecule has 0 aliphatic rings. The van der Waals surface area contributed by atoms with Crippen LogP contribution < -0.4 is 5.56 Å². The fourth-order valence-electron chi connectivity index (χ4n) is 1.64. The van der Waals surface area contributed by atoms with Gasteiger partial charge in [0, 0.05) is 36.7 Å². The van der Waals surface area contributed by atoms with E-state index < -0.39 is 0 Å². The van der Waals surface area contributed by atoms with Crippen molar-refractivity contribution in [3.8, 4) is 11.6 Å². The van der Waals surface area contributed by atoms with Crippen molar-refractivity contribution in [2.45, 2.75) is 20.3 Å². The Kier molecular flexibility index (Phi) is 3.47. The fraction of sp³-hybridized carbons (Fsp3) is 0.333. The normalized spacial score (nSPS) is 10.6. The minimum absolute atomic E-state index is 0.0774. The first kappa shape index (κ1) is 12.4. The molecular weight excluding hydrogens is 232 g/mol. The Hall–Kier alpha value is -2.08. The van der Waals surface area contributed by atoms with E-state index in [1.807, 2.05) is 6.92 Å². The van der Waals surface area contributed by atoms with Crippen LogP contribution in [0.3, 0.4) is 0 Å². The highest BCUT2D eigenvalue weighted by molar-refractivity contribution is 5.43. The molecule has 2 N–H and O–H groups in total. The summed E-state index contributed by atoms with van der Waals surface area (Å²) in [6.45, 7) is 3.54. The number of aliphatic hydroxyl groups is 1. The number of aromatic nitrogens is 4. The SMILES string of the molecule is Cc1cnc(-c2nc(C)c(CCO)c(=O)[nH]2)nc1. The molecule has 0 amide bonds. The Morgan fingerprint density at radius 1 is 1.28 bits per heavy atom. The molecule has 0 bridgehead atoms. The van der Waals surface area contributed by atoms with Crippen LogP contribution in [0.2, 0.25) is 0 Å². The van der Waals surface area contributed by atoms with E-state index in [0.29, 0.717) is 29.3 Å². The predicted octanol–water partition coefficient (Wildman–Crippen LogP) is 0.379. The second-order valence-corrected chi connectivity index (χ2v) is 4.04. The lowest BCUT2D eigenvalue weighted by atomic mass is 10.2. The largest absolute Gasteiger partial charge is 0.396 e. The first-order chi connectivity index (χ1) is 8.61. The smallest absolute Gasteiger partial charge is 0.254 e. The number of nitrogens with one attached hydrogen (secondary N) is 1. The molecule has 0 fully saturated rings. The van der Waals surface area contributed by atoms with E-state index in [1.165, 1.54) is 0 Å². The highest BCUT2D eigenvalue weighted by Crippen LogP contribution is 2.09. The van der Waals surface area contributed by atoms with Crippen molar-refractivity contribution in [1.29, 1.82) is 0 Å². The zero-order valence-electron chi connectivity index (χ0n) is 10.3. The van der Waals surface area contributed by atoms with Crippen LogP contribution in [-0.2, 0) is 6.42 Å². The number of hydrogen-bond acceptors (Lipinski definition) is 5. The van der Waals surface area contributed by atoms with Gasteiger partial charge in [-0.3, -0.25) is 4.79 Å². The third kappa shape index (κ3) is 2.43. The Bertz CT molecular complexity index is 604. The summed E-state index contributed by atoms with van der Waals surface area (Å²) < 4.78 is 0. The van der Waals surface area contributed by atoms with Crippen molar-refractivity contribution in [3.05, 3.63) is 39.6 Å². The van der Waals surface area contributed by atoms with E-state index in [-0.39, 0.29) is 12.2 Å². The van der Waals surface area contributed by atoms with Gasteiger partial charge in [0.15, 0.2) is 11.6 Å². The van der Waals surface area contributed by atoms with Crippen molar-refractivity contribution in [3.63, 3.8) is 0 Å². The summed E-state index contributed by atoms with van der Waals surface area (Å²) in [5, 5.41) is 8.88. The highest BCUT2D eigenvalue weighted by atomic mass is 16.3. The molecular formula is C12H14N4O2. The molecule has 0 saturated carbocycles. The molecule has 6 nitrogen and oxygen atoms in total. The van der Waals surface area contributed by atoms with Gasteiger partial charge in [-0.15, -0.1) is 0 Å². The van der Waals surface area contributed by atoms with Gasteiger partial charge in [-0.25, -0.2) is 15.0 Å². The maximum atomic E-state index is 11.8. The van der Waals surface area contributed by atoms with Gasteiger partial charge in [0.2, 0.25) is 0 Å². The molecule has 0 aliphatic heterocycles.